The number of nitrogens with zero attached hydrogens (tertiary/aromatic N) is 2. The smallest absolute Gasteiger partial charge is 0.163 e. The maximum absolute atomic E-state index is 13.0. The van der Waals surface area contributed by atoms with E-state index >= 15 is 0 Å². The predicted molar refractivity (Wildman–Crippen MR) is 124 cm³/mol. The first-order valence-corrected chi connectivity index (χ1v) is 12.0. The zero-order valence-electron chi connectivity index (χ0n) is 17.0. The number of aliphatic hydroxyl groups excluding tert-OH is 1. The highest BCUT2D eigenvalue weighted by Crippen LogP contribution is 2.37. The molecule has 9 heteroatoms. The van der Waals surface area contributed by atoms with E-state index in [4.69, 9.17) is 23.2 Å². The van der Waals surface area contributed by atoms with Gasteiger partial charge in [-0.3, -0.25) is 0 Å². The highest BCUT2D eigenvalue weighted by molar-refractivity contribution is 7.90. The van der Waals surface area contributed by atoms with Crippen LogP contribution in [-0.4, -0.2) is 24.4 Å². The summed E-state index contributed by atoms with van der Waals surface area (Å²) in [6.45, 7) is 7.69. The third kappa shape index (κ3) is 5.16. The van der Waals surface area contributed by atoms with E-state index in [1.165, 1.54) is 17.5 Å². The monoisotopic (exact) mass is 483 g/mol. The summed E-state index contributed by atoms with van der Waals surface area (Å²) in [6, 6.07) is 10.9. The van der Waals surface area contributed by atoms with Gasteiger partial charge in [-0.15, -0.1) is 16.1 Å². The first-order chi connectivity index (χ1) is 14.0. The summed E-state index contributed by atoms with van der Waals surface area (Å²) in [6.07, 6.45) is 0.492. The van der Waals surface area contributed by atoms with Crippen molar-refractivity contribution >= 4 is 45.9 Å². The van der Waals surface area contributed by atoms with Crippen LogP contribution in [0.1, 0.15) is 55.6 Å². The Morgan fingerprint density at radius 2 is 1.87 bits per heavy atom. The predicted octanol–water partition coefficient (Wildman–Crippen LogP) is 5.24. The molecule has 0 aliphatic heterocycles. The van der Waals surface area contributed by atoms with Gasteiger partial charge in [-0.25, -0.2) is 9.97 Å². The molecule has 3 atom stereocenters. The first-order valence-electron chi connectivity index (χ1n) is 9.22. The fourth-order valence-corrected chi connectivity index (χ4v) is 5.03. The highest BCUT2D eigenvalue weighted by Gasteiger charge is 2.39. The van der Waals surface area contributed by atoms with Crippen LogP contribution in [0, 0.1) is 0 Å². The molecule has 0 saturated heterocycles. The molecule has 30 heavy (non-hydrogen) atoms. The van der Waals surface area contributed by atoms with Crippen LogP contribution in [0.2, 0.25) is 10.2 Å². The molecule has 0 aliphatic rings. The van der Waals surface area contributed by atoms with Gasteiger partial charge in [0.05, 0.1) is 0 Å². The summed E-state index contributed by atoms with van der Waals surface area (Å²) in [5.74, 6) is 0.228. The molecule has 3 rings (SSSR count). The number of benzene rings is 1. The Morgan fingerprint density at radius 3 is 2.50 bits per heavy atom. The van der Waals surface area contributed by atoms with Crippen LogP contribution in [0.25, 0.3) is 0 Å². The largest absolute Gasteiger partial charge is 0.598 e. The number of nitrogens with one attached hydrogen (secondary N) is 1. The van der Waals surface area contributed by atoms with Crippen molar-refractivity contribution in [2.24, 2.45) is 0 Å². The molecule has 160 valence electrons. The second kappa shape index (κ2) is 9.12. The minimum atomic E-state index is -1.35. The molecule has 0 saturated carbocycles. The Balaban J connectivity index is 2.02. The number of hydrogen-bond acceptors (Lipinski definition) is 6. The summed E-state index contributed by atoms with van der Waals surface area (Å²) in [4.78, 5) is 8.87. The highest BCUT2D eigenvalue weighted by atomic mass is 35.5. The molecule has 0 aliphatic carbocycles. The van der Waals surface area contributed by atoms with Crippen molar-refractivity contribution in [1.29, 1.82) is 0 Å². The number of aromatic nitrogens is 2. The van der Waals surface area contributed by atoms with E-state index in [1.54, 1.807) is 12.1 Å². The van der Waals surface area contributed by atoms with Gasteiger partial charge in [0, 0.05) is 27.5 Å². The van der Waals surface area contributed by atoms with E-state index in [-0.39, 0.29) is 11.0 Å². The summed E-state index contributed by atoms with van der Waals surface area (Å²) >= 11 is 12.2. The SMILES string of the molecule is CC(N[S+]([O-])C(C)(C)C)(c1cccc(Cl)c1)c1csc([C@@H](O)c2nccc(Cl)n2)c1. The van der Waals surface area contributed by atoms with Gasteiger partial charge in [0.25, 0.3) is 0 Å². The third-order valence-corrected chi connectivity index (χ3v) is 7.74. The molecule has 0 bridgehead atoms. The summed E-state index contributed by atoms with van der Waals surface area (Å²) in [5.41, 5.74) is 0.918. The van der Waals surface area contributed by atoms with E-state index < -0.39 is 27.8 Å². The van der Waals surface area contributed by atoms with E-state index in [9.17, 15) is 9.66 Å². The number of thiophene rings is 1. The number of rotatable bonds is 6. The van der Waals surface area contributed by atoms with Gasteiger partial charge in [-0.1, -0.05) is 35.3 Å². The summed E-state index contributed by atoms with van der Waals surface area (Å²) < 4.78 is 15.8. The molecule has 2 aromatic heterocycles. The van der Waals surface area contributed by atoms with Gasteiger partial charge >= 0.3 is 0 Å². The van der Waals surface area contributed by atoms with Gasteiger partial charge in [0.1, 0.15) is 21.5 Å². The minimum Gasteiger partial charge on any atom is -0.598 e. The first kappa shape index (κ1) is 23.5. The third-order valence-electron chi connectivity index (χ3n) is 4.61. The minimum absolute atomic E-state index is 0.228. The van der Waals surface area contributed by atoms with Crippen LogP contribution in [0.15, 0.2) is 48.0 Å². The quantitative estimate of drug-likeness (QED) is 0.369. The van der Waals surface area contributed by atoms with Crippen molar-refractivity contribution in [3.05, 3.63) is 80.0 Å². The molecule has 3 aromatic rings. The van der Waals surface area contributed by atoms with Gasteiger partial charge in [-0.05, 0) is 68.5 Å². The molecule has 2 heterocycles. The van der Waals surface area contributed by atoms with Gasteiger partial charge < -0.3 is 9.66 Å². The van der Waals surface area contributed by atoms with Crippen molar-refractivity contribution in [3.63, 3.8) is 0 Å². The van der Waals surface area contributed by atoms with E-state index in [2.05, 4.69) is 14.7 Å². The Bertz CT molecular complexity index is 1030. The molecule has 0 fully saturated rings. The zero-order valence-corrected chi connectivity index (χ0v) is 20.2. The zero-order chi connectivity index (χ0) is 22.1. The lowest BCUT2D eigenvalue weighted by molar-refractivity contribution is 0.213. The molecular weight excluding hydrogens is 461 g/mol. The number of hydrogen-bond donors (Lipinski definition) is 2. The average molecular weight is 484 g/mol. The maximum Gasteiger partial charge on any atom is 0.163 e. The number of aliphatic hydroxyl groups is 1. The van der Waals surface area contributed by atoms with Crippen molar-refractivity contribution in [2.75, 3.05) is 0 Å². The van der Waals surface area contributed by atoms with Crippen LogP contribution in [0.3, 0.4) is 0 Å². The lowest BCUT2D eigenvalue weighted by Gasteiger charge is -2.35. The van der Waals surface area contributed by atoms with Crippen molar-refractivity contribution in [3.8, 4) is 0 Å². The molecule has 0 amide bonds. The molecule has 1 aromatic carbocycles. The molecule has 5 nitrogen and oxygen atoms in total. The number of halogens is 2. The second-order valence-corrected chi connectivity index (χ2v) is 11.7. The van der Waals surface area contributed by atoms with Crippen LogP contribution >= 0.6 is 34.5 Å². The van der Waals surface area contributed by atoms with Crippen LogP contribution < -0.4 is 4.72 Å². The average Bonchev–Trinajstić information content (AvgIpc) is 3.17. The van der Waals surface area contributed by atoms with E-state index in [1.807, 2.05) is 57.3 Å². The van der Waals surface area contributed by atoms with Gasteiger partial charge in [0.15, 0.2) is 5.82 Å². The lowest BCUT2D eigenvalue weighted by atomic mass is 9.87. The maximum atomic E-state index is 13.0. The van der Waals surface area contributed by atoms with Crippen molar-refractivity contribution in [2.45, 2.75) is 44.1 Å². The van der Waals surface area contributed by atoms with Crippen molar-refractivity contribution in [1.82, 2.24) is 14.7 Å². The second-order valence-electron chi connectivity index (χ2n) is 8.00. The normalized spacial score (nSPS) is 16.1. The Morgan fingerprint density at radius 1 is 1.13 bits per heavy atom. The standard InChI is InChI=1S/C21H23Cl2N3O2S2/c1-20(2,3)30(28)26-21(4,13-6-5-7-15(22)10-13)14-11-16(29-12-14)18(27)19-24-9-8-17(23)25-19/h5-12,18,26-27H,1-4H3/t18-,21?,30?/m1/s1. The Labute approximate surface area is 193 Å². The lowest BCUT2D eigenvalue weighted by Crippen LogP contribution is -2.50. The molecule has 0 radical (unpaired) electrons. The van der Waals surface area contributed by atoms with E-state index in [0.29, 0.717) is 9.90 Å². The molecule has 2 unspecified atom stereocenters. The van der Waals surface area contributed by atoms with E-state index in [0.717, 1.165) is 11.1 Å². The van der Waals surface area contributed by atoms with Crippen LogP contribution in [0.5, 0.6) is 0 Å². The van der Waals surface area contributed by atoms with Gasteiger partial charge in [0.2, 0.25) is 0 Å². The topological polar surface area (TPSA) is 81.1 Å². The van der Waals surface area contributed by atoms with Crippen LogP contribution in [0.4, 0.5) is 0 Å². The summed E-state index contributed by atoms with van der Waals surface area (Å²) in [5, 5.41) is 13.5. The Hall–Kier alpha value is -1.19. The summed E-state index contributed by atoms with van der Waals surface area (Å²) in [7, 11) is 0. The van der Waals surface area contributed by atoms with Crippen LogP contribution in [-0.2, 0) is 16.9 Å². The van der Waals surface area contributed by atoms with Crippen molar-refractivity contribution < 1.29 is 9.66 Å². The fourth-order valence-electron chi connectivity index (χ4n) is 2.79. The Kier molecular flexibility index (Phi) is 7.14. The molecular formula is C21H23Cl2N3O2S2. The fraction of sp³-hybridized carbons (Fsp3) is 0.333. The molecule has 2 N–H and O–H groups in total. The van der Waals surface area contributed by atoms with Gasteiger partial charge in [-0.2, -0.15) is 0 Å². The molecule has 0 spiro atoms.